The van der Waals surface area contributed by atoms with E-state index in [9.17, 15) is 14.7 Å². The van der Waals surface area contributed by atoms with Crippen molar-refractivity contribution in [3.63, 3.8) is 0 Å². The molecule has 1 N–H and O–H groups in total. The fourth-order valence-corrected chi connectivity index (χ4v) is 4.09. The highest BCUT2D eigenvalue weighted by Crippen LogP contribution is 2.41. The van der Waals surface area contributed by atoms with Crippen LogP contribution in [0, 0.1) is 0 Å². The highest BCUT2D eigenvalue weighted by Gasteiger charge is 2.46. The van der Waals surface area contributed by atoms with E-state index in [4.69, 9.17) is 14.2 Å². The summed E-state index contributed by atoms with van der Waals surface area (Å²) < 4.78 is 17.0. The van der Waals surface area contributed by atoms with E-state index in [-0.39, 0.29) is 24.5 Å². The average molecular weight is 474 g/mol. The Morgan fingerprint density at radius 3 is 2.67 bits per heavy atom. The number of hydrogen-bond donors (Lipinski definition) is 1. The van der Waals surface area contributed by atoms with Crippen LogP contribution in [0.5, 0.6) is 11.5 Å². The van der Waals surface area contributed by atoms with Crippen LogP contribution in [0.3, 0.4) is 0 Å². The molecule has 1 amide bonds. The smallest absolute Gasteiger partial charge is 0.295 e. The van der Waals surface area contributed by atoms with Gasteiger partial charge in [0.25, 0.3) is 11.7 Å². The van der Waals surface area contributed by atoms with Gasteiger partial charge in [0.2, 0.25) is 0 Å². The lowest BCUT2D eigenvalue weighted by molar-refractivity contribution is -0.140. The Hall–Kier alpha value is -2.84. The molecule has 30 heavy (non-hydrogen) atoms. The topological polar surface area (TPSA) is 85.3 Å². The van der Waals surface area contributed by atoms with Crippen LogP contribution in [-0.2, 0) is 14.3 Å². The van der Waals surface area contributed by atoms with E-state index in [1.54, 1.807) is 18.2 Å². The molecule has 1 unspecified atom stereocenters. The number of methoxy groups -OCH3 is 1. The number of aliphatic hydroxyl groups excluding tert-OH is 1. The Balaban J connectivity index is 1.84. The van der Waals surface area contributed by atoms with Crippen LogP contribution in [0.2, 0.25) is 0 Å². The molecule has 0 saturated carbocycles. The standard InChI is InChI=1S/C22H20BrNO6/c1-28-8-7-24-19(13-3-2-4-15(23)11-13)18(21(26)22(24)27)20(25)14-5-6-16-17(12-14)30-10-9-29-16/h2-6,11-12,19,25H,7-10H2,1H3. The third kappa shape index (κ3) is 3.68. The molecular weight excluding hydrogens is 454 g/mol. The summed E-state index contributed by atoms with van der Waals surface area (Å²) in [6, 6.07) is 11.5. The zero-order chi connectivity index (χ0) is 21.3. The first-order chi connectivity index (χ1) is 14.5. The lowest BCUT2D eigenvalue weighted by Gasteiger charge is -2.25. The van der Waals surface area contributed by atoms with Gasteiger partial charge in [-0.1, -0.05) is 28.1 Å². The maximum atomic E-state index is 12.9. The molecule has 2 aromatic rings. The zero-order valence-corrected chi connectivity index (χ0v) is 17.8. The van der Waals surface area contributed by atoms with Gasteiger partial charge in [-0.3, -0.25) is 9.59 Å². The van der Waals surface area contributed by atoms with Gasteiger partial charge in [0.1, 0.15) is 19.0 Å². The number of rotatable bonds is 5. The number of hydrogen-bond acceptors (Lipinski definition) is 6. The normalized spacial score (nSPS) is 19.9. The van der Waals surface area contributed by atoms with Crippen LogP contribution in [-0.4, -0.2) is 55.2 Å². The van der Waals surface area contributed by atoms with E-state index in [1.165, 1.54) is 12.0 Å². The van der Waals surface area contributed by atoms with E-state index in [1.807, 2.05) is 24.3 Å². The molecule has 0 aromatic heterocycles. The molecule has 2 heterocycles. The van der Waals surface area contributed by atoms with Gasteiger partial charge in [0, 0.05) is 23.7 Å². The van der Waals surface area contributed by atoms with E-state index in [0.717, 1.165) is 4.47 Å². The van der Waals surface area contributed by atoms with Gasteiger partial charge in [-0.05, 0) is 35.9 Å². The molecule has 156 valence electrons. The molecule has 2 aliphatic rings. The zero-order valence-electron chi connectivity index (χ0n) is 16.3. The fraction of sp³-hybridized carbons (Fsp3) is 0.273. The van der Waals surface area contributed by atoms with Crippen molar-refractivity contribution in [1.29, 1.82) is 0 Å². The first-order valence-electron chi connectivity index (χ1n) is 9.44. The van der Waals surface area contributed by atoms with E-state index in [0.29, 0.717) is 35.8 Å². The third-order valence-electron chi connectivity index (χ3n) is 5.06. The highest BCUT2D eigenvalue weighted by molar-refractivity contribution is 9.10. The number of benzene rings is 2. The van der Waals surface area contributed by atoms with Gasteiger partial charge >= 0.3 is 0 Å². The van der Waals surface area contributed by atoms with E-state index < -0.39 is 17.7 Å². The maximum absolute atomic E-state index is 12.9. The van der Waals surface area contributed by atoms with Gasteiger partial charge in [-0.25, -0.2) is 0 Å². The van der Waals surface area contributed by atoms with Crippen molar-refractivity contribution in [2.45, 2.75) is 6.04 Å². The Kier molecular flexibility index (Phi) is 5.78. The summed E-state index contributed by atoms with van der Waals surface area (Å²) >= 11 is 3.43. The minimum absolute atomic E-state index is 0.0332. The minimum atomic E-state index is -0.733. The number of likely N-dealkylation sites (tertiary alicyclic amines) is 1. The molecule has 0 aliphatic carbocycles. The number of carbonyl (C=O) groups excluding carboxylic acids is 2. The third-order valence-corrected chi connectivity index (χ3v) is 5.55. The summed E-state index contributed by atoms with van der Waals surface area (Å²) in [5, 5.41) is 11.1. The Bertz CT molecular complexity index is 1030. The van der Waals surface area contributed by atoms with Crippen molar-refractivity contribution in [2.24, 2.45) is 0 Å². The molecule has 0 bridgehead atoms. The quantitative estimate of drug-likeness (QED) is 0.407. The number of Topliss-reactive ketones (excluding diaryl/α,β-unsaturated/α-hetero) is 1. The molecule has 1 atom stereocenters. The molecule has 7 nitrogen and oxygen atoms in total. The van der Waals surface area contributed by atoms with Crippen LogP contribution in [0.4, 0.5) is 0 Å². The van der Waals surface area contributed by atoms with Crippen LogP contribution in [0.15, 0.2) is 52.5 Å². The van der Waals surface area contributed by atoms with Crippen molar-refractivity contribution in [2.75, 3.05) is 33.5 Å². The van der Waals surface area contributed by atoms with Crippen molar-refractivity contribution in [1.82, 2.24) is 4.90 Å². The monoisotopic (exact) mass is 473 g/mol. The summed E-state index contributed by atoms with van der Waals surface area (Å²) in [7, 11) is 1.53. The number of ketones is 1. The van der Waals surface area contributed by atoms with Gasteiger partial charge in [0.05, 0.1) is 18.2 Å². The summed E-state index contributed by atoms with van der Waals surface area (Å²) in [6.45, 7) is 1.33. The SMILES string of the molecule is COCCN1C(=O)C(=O)C(=C(O)c2ccc3c(c2)OCCO3)C1c1cccc(Br)c1. The Labute approximate surface area is 182 Å². The lowest BCUT2D eigenvalue weighted by Crippen LogP contribution is -2.32. The molecule has 2 aromatic carbocycles. The number of aliphatic hydroxyl groups is 1. The lowest BCUT2D eigenvalue weighted by atomic mass is 9.95. The minimum Gasteiger partial charge on any atom is -0.507 e. The van der Waals surface area contributed by atoms with Crippen LogP contribution < -0.4 is 9.47 Å². The van der Waals surface area contributed by atoms with Crippen LogP contribution >= 0.6 is 15.9 Å². The number of amides is 1. The highest BCUT2D eigenvalue weighted by atomic mass is 79.9. The second-order valence-corrected chi connectivity index (χ2v) is 7.81. The van der Waals surface area contributed by atoms with Gasteiger partial charge in [0.15, 0.2) is 11.5 Å². The average Bonchev–Trinajstić information content (AvgIpc) is 3.01. The fourth-order valence-electron chi connectivity index (χ4n) is 3.67. The van der Waals surface area contributed by atoms with Crippen LogP contribution in [0.25, 0.3) is 5.76 Å². The molecule has 1 saturated heterocycles. The Morgan fingerprint density at radius 2 is 1.93 bits per heavy atom. The molecule has 0 spiro atoms. The van der Waals surface area contributed by atoms with Crippen molar-refractivity contribution >= 4 is 33.4 Å². The number of halogens is 1. The molecular formula is C22H20BrNO6. The van der Waals surface area contributed by atoms with Crippen molar-refractivity contribution < 1.29 is 28.9 Å². The predicted molar refractivity (Wildman–Crippen MR) is 112 cm³/mol. The predicted octanol–water partition coefficient (Wildman–Crippen LogP) is 3.29. The number of ether oxygens (including phenoxy) is 3. The molecule has 1 fully saturated rings. The van der Waals surface area contributed by atoms with Gasteiger partial charge in [-0.2, -0.15) is 0 Å². The van der Waals surface area contributed by atoms with Gasteiger partial charge in [-0.15, -0.1) is 0 Å². The first-order valence-corrected chi connectivity index (χ1v) is 10.2. The molecule has 4 rings (SSSR count). The Morgan fingerprint density at radius 1 is 1.17 bits per heavy atom. The van der Waals surface area contributed by atoms with Crippen LogP contribution in [0.1, 0.15) is 17.2 Å². The van der Waals surface area contributed by atoms with Gasteiger partial charge < -0.3 is 24.2 Å². The summed E-state index contributed by atoms with van der Waals surface area (Å²) in [5.41, 5.74) is 1.12. The van der Waals surface area contributed by atoms with Crippen molar-refractivity contribution in [3.8, 4) is 11.5 Å². The number of fused-ring (bicyclic) bond motifs is 1. The molecule has 2 aliphatic heterocycles. The molecule has 8 heteroatoms. The van der Waals surface area contributed by atoms with Crippen molar-refractivity contribution in [3.05, 3.63) is 63.6 Å². The number of nitrogens with zero attached hydrogens (tertiary/aromatic N) is 1. The second-order valence-electron chi connectivity index (χ2n) is 6.90. The second kappa shape index (κ2) is 8.49. The summed E-state index contributed by atoms with van der Waals surface area (Å²) in [4.78, 5) is 27.1. The largest absolute Gasteiger partial charge is 0.507 e. The number of carbonyl (C=O) groups is 2. The van der Waals surface area contributed by atoms with E-state index in [2.05, 4.69) is 15.9 Å². The first kappa shape index (κ1) is 20.4. The summed E-state index contributed by atoms with van der Waals surface area (Å²) in [6.07, 6.45) is 0. The molecule has 0 radical (unpaired) electrons. The van der Waals surface area contributed by atoms with E-state index >= 15 is 0 Å². The summed E-state index contributed by atoms with van der Waals surface area (Å²) in [5.74, 6) is -0.602. The maximum Gasteiger partial charge on any atom is 0.295 e.